The maximum atomic E-state index is 2.61. The topological polar surface area (TPSA) is 42.1 Å². The quantitative estimate of drug-likeness (QED) is 0.178. The maximum Gasteiger partial charge on any atom is 0.0607 e. The lowest BCUT2D eigenvalue weighted by Crippen LogP contribution is -2.46. The maximum absolute atomic E-state index is 2.61. The number of anilines is 2. The summed E-state index contributed by atoms with van der Waals surface area (Å²) in [5.41, 5.74) is 2.77. The number of allylic oxidation sites excluding steroid dienone is 1. The first-order valence-corrected chi connectivity index (χ1v) is 41.5. The molecule has 1 unspecified atom stereocenters. The van der Waals surface area contributed by atoms with E-state index in [1.165, 1.54) is 154 Å². The highest BCUT2D eigenvalue weighted by molar-refractivity contribution is 5.74. The number of fused-ring (bicyclic) bond motifs is 1. The van der Waals surface area contributed by atoms with Crippen molar-refractivity contribution < 1.29 is 0 Å². The Morgan fingerprint density at radius 2 is 0.470 bits per heavy atom. The van der Waals surface area contributed by atoms with E-state index in [0.29, 0.717) is 66.5 Å². The zero-order chi connectivity index (χ0) is 75.0. The van der Waals surface area contributed by atoms with Gasteiger partial charge in [0.2, 0.25) is 0 Å². The van der Waals surface area contributed by atoms with E-state index in [1.807, 2.05) is 0 Å². The Morgan fingerprint density at radius 1 is 0.240 bits per heavy atom. The third-order valence-electron chi connectivity index (χ3n) is 21.5. The van der Waals surface area contributed by atoms with E-state index >= 15 is 0 Å². The molecule has 0 saturated carbocycles. The van der Waals surface area contributed by atoms with Gasteiger partial charge >= 0.3 is 0 Å². The van der Waals surface area contributed by atoms with Crippen molar-refractivity contribution in [1.29, 1.82) is 0 Å². The highest BCUT2D eigenvalue weighted by atomic mass is 15.3. The first kappa shape index (κ1) is 92.4. The summed E-state index contributed by atoms with van der Waals surface area (Å²) in [6.07, 6.45) is 34.7. The number of nitrogens with zero attached hydrogens (tertiary/aromatic N) is 13. The van der Waals surface area contributed by atoms with Gasteiger partial charge in [0.05, 0.1) is 11.4 Å². The molecule has 7 heterocycles. The summed E-state index contributed by atoms with van der Waals surface area (Å²) in [5, 5.41) is 0. The van der Waals surface area contributed by atoms with Crippen LogP contribution in [0.15, 0.2) is 85.6 Å². The summed E-state index contributed by atoms with van der Waals surface area (Å²) >= 11 is 0. The fourth-order valence-electron chi connectivity index (χ4n) is 14.2. The van der Waals surface area contributed by atoms with Gasteiger partial charge in [0, 0.05) is 177 Å². The molecule has 100 heavy (non-hydrogen) atoms. The number of hydrogen-bond acceptors (Lipinski definition) is 13. The van der Waals surface area contributed by atoms with Crippen molar-refractivity contribution in [2.24, 2.45) is 11.8 Å². The van der Waals surface area contributed by atoms with Crippen molar-refractivity contribution in [3.8, 4) is 0 Å². The molecule has 1 saturated heterocycles. The highest BCUT2D eigenvalue weighted by Gasteiger charge is 2.26. The lowest BCUT2D eigenvalue weighted by molar-refractivity contribution is 0.139. The number of hydrogen-bond donors (Lipinski definition) is 0. The molecule has 1 aromatic carbocycles. The average molecular weight is 1400 g/mol. The van der Waals surface area contributed by atoms with Crippen LogP contribution in [0.3, 0.4) is 0 Å². The van der Waals surface area contributed by atoms with Gasteiger partial charge in [0.15, 0.2) is 0 Å². The lowest BCUT2D eigenvalue weighted by atomic mass is 9.87. The minimum absolute atomic E-state index is 0.579. The molecule has 1 fully saturated rings. The van der Waals surface area contributed by atoms with E-state index in [4.69, 9.17) is 0 Å². The van der Waals surface area contributed by atoms with Gasteiger partial charge in [-0.1, -0.05) is 56.4 Å². The van der Waals surface area contributed by atoms with Crippen molar-refractivity contribution in [2.45, 2.75) is 330 Å². The average Bonchev–Trinajstić information content (AvgIpc) is 0.793. The molecule has 0 bridgehead atoms. The Balaban J connectivity index is 0.000000397. The van der Waals surface area contributed by atoms with Crippen LogP contribution in [0.1, 0.15) is 252 Å². The monoisotopic (exact) mass is 1400 g/mol. The molecule has 0 aromatic heterocycles. The van der Waals surface area contributed by atoms with Crippen LogP contribution in [0.2, 0.25) is 0 Å². The normalized spacial score (nSPS) is 22.1. The molecule has 8 rings (SSSR count). The van der Waals surface area contributed by atoms with Crippen LogP contribution in [0.4, 0.5) is 11.4 Å². The van der Waals surface area contributed by atoms with E-state index in [2.05, 4.69) is 343 Å². The molecule has 0 spiro atoms. The fraction of sp³-hybridized carbons (Fsp3) is 0.816. The van der Waals surface area contributed by atoms with Gasteiger partial charge in [-0.15, -0.1) is 0 Å². The molecule has 0 aliphatic carbocycles. The first-order chi connectivity index (χ1) is 47.3. The van der Waals surface area contributed by atoms with Crippen LogP contribution in [-0.2, 0) is 0 Å². The third kappa shape index (κ3) is 37.3. The van der Waals surface area contributed by atoms with Gasteiger partial charge < -0.3 is 44.1 Å². The zero-order valence-corrected chi connectivity index (χ0v) is 71.4. The van der Waals surface area contributed by atoms with Crippen molar-refractivity contribution in [2.75, 3.05) is 134 Å². The van der Waals surface area contributed by atoms with Gasteiger partial charge in [0.1, 0.15) is 0 Å². The van der Waals surface area contributed by atoms with Crippen LogP contribution in [0, 0.1) is 11.8 Å². The Hall–Kier alpha value is -3.72. The van der Waals surface area contributed by atoms with Crippen LogP contribution < -0.4 is 9.80 Å². The number of para-hydroxylation sites is 2. The van der Waals surface area contributed by atoms with Crippen LogP contribution in [0.25, 0.3) is 0 Å². The van der Waals surface area contributed by atoms with Gasteiger partial charge in [0.25, 0.3) is 0 Å². The standard InChI is InChI=1S/C14H22N2.C13H25N.C12H26N2.4C12H24N2/c1-11(2)15-9-10-16(12(3)4)14-8-6-5-7-13(14)15;6*1-11(2)13-7-5-9-14(12(3)4)10-6-8-13/h5-8,11-12H,9-10H2,1-4H3;5,9,11-13H,6-8,10H2,1-4H3;11-12H,5-10H2,1-4H3;4*5,7,11-12H,6,8-10H2,1-4H3/b;9-5-;;4*7-5-. The molecule has 582 valence electrons. The minimum atomic E-state index is 0.579. The minimum Gasteiger partial charge on any atom is -0.375 e. The first-order valence-electron chi connectivity index (χ1n) is 41.5. The second-order valence-electron chi connectivity index (χ2n) is 33.8. The van der Waals surface area contributed by atoms with Crippen molar-refractivity contribution in [3.63, 3.8) is 0 Å². The highest BCUT2D eigenvalue weighted by Crippen LogP contribution is 2.35. The Morgan fingerprint density at radius 3 is 0.700 bits per heavy atom. The predicted octanol–water partition coefficient (Wildman–Crippen LogP) is 18.3. The largest absolute Gasteiger partial charge is 0.375 e. The molecule has 7 aliphatic rings. The van der Waals surface area contributed by atoms with E-state index < -0.39 is 0 Å². The smallest absolute Gasteiger partial charge is 0.0607 e. The second-order valence-corrected chi connectivity index (χ2v) is 33.8. The van der Waals surface area contributed by atoms with Crippen LogP contribution >= 0.6 is 0 Å². The fourth-order valence-corrected chi connectivity index (χ4v) is 14.2. The predicted molar refractivity (Wildman–Crippen MR) is 446 cm³/mol. The number of benzene rings is 1. The van der Waals surface area contributed by atoms with E-state index in [0.717, 1.165) is 63.2 Å². The van der Waals surface area contributed by atoms with Gasteiger partial charge in [-0.05, 0) is 319 Å². The summed E-state index contributed by atoms with van der Waals surface area (Å²) in [7, 11) is 0. The van der Waals surface area contributed by atoms with Gasteiger partial charge in [-0.2, -0.15) is 0 Å². The van der Waals surface area contributed by atoms with Gasteiger partial charge in [-0.25, -0.2) is 0 Å². The molecule has 13 nitrogen and oxygen atoms in total. The molecular weight excluding hydrogens is 1230 g/mol. The molecule has 7 aliphatic heterocycles. The molecule has 1 aromatic rings. The molecule has 0 amide bonds. The summed E-state index contributed by atoms with van der Waals surface area (Å²) in [6, 6.07) is 17.2. The van der Waals surface area contributed by atoms with Crippen LogP contribution in [0.5, 0.6) is 0 Å². The third-order valence-corrected chi connectivity index (χ3v) is 21.5. The Kier molecular flexibility index (Phi) is 47.5. The summed E-state index contributed by atoms with van der Waals surface area (Å²) < 4.78 is 0. The SMILES string of the molecule is CC(C)C1C/C=C\N(C(C)C)CCC1.CC(C)N1/C=C\CN(C(C)C)CCC1.CC(C)N1/C=C\CN(C(C)C)CCC1.CC(C)N1/C=C\CN(C(C)C)CCC1.CC(C)N1/C=C\CN(C(C)C)CCC1.CC(C)N1CCCN(C(C)C)CCC1.CC(C)N1CCN(C(C)C)c2ccccc21. The summed E-state index contributed by atoms with van der Waals surface area (Å²) in [4.78, 5) is 32.5. The summed E-state index contributed by atoms with van der Waals surface area (Å²) in [6.45, 7) is 86.4. The van der Waals surface area contributed by atoms with E-state index in [-0.39, 0.29) is 0 Å². The second kappa shape index (κ2) is 51.5. The Labute approximate surface area is 623 Å². The van der Waals surface area contributed by atoms with Crippen molar-refractivity contribution in [1.82, 2.24) is 53.9 Å². The van der Waals surface area contributed by atoms with E-state index in [9.17, 15) is 0 Å². The van der Waals surface area contributed by atoms with Gasteiger partial charge in [-0.3, -0.25) is 19.6 Å². The Bertz CT molecular complexity index is 2010. The molecule has 13 heteroatoms. The zero-order valence-electron chi connectivity index (χ0n) is 71.4. The molecule has 1 atom stereocenters. The molecule has 0 N–H and O–H groups in total. The number of rotatable bonds is 14. The molecular formula is C87H169N13. The molecule has 0 radical (unpaired) electrons. The van der Waals surface area contributed by atoms with Crippen molar-refractivity contribution >= 4 is 11.4 Å². The summed E-state index contributed by atoms with van der Waals surface area (Å²) in [5.74, 6) is 1.74. The lowest BCUT2D eigenvalue weighted by Gasteiger charge is -2.42. The van der Waals surface area contributed by atoms with Crippen molar-refractivity contribution in [3.05, 3.63) is 85.6 Å². The van der Waals surface area contributed by atoms with Crippen LogP contribution in [-0.4, -0.2) is 257 Å². The van der Waals surface area contributed by atoms with E-state index in [1.54, 1.807) is 0 Å².